The lowest BCUT2D eigenvalue weighted by atomic mass is 9.40. The summed E-state index contributed by atoms with van der Waals surface area (Å²) in [6, 6.07) is 0. The van der Waals surface area contributed by atoms with E-state index in [1.807, 2.05) is 0 Å². The third-order valence-corrected chi connectivity index (χ3v) is 7.77. The van der Waals surface area contributed by atoms with Crippen molar-refractivity contribution in [2.24, 2.45) is 34.0 Å². The van der Waals surface area contributed by atoms with E-state index in [0.717, 1.165) is 36.9 Å². The van der Waals surface area contributed by atoms with E-state index in [1.165, 1.54) is 25.7 Å². The van der Waals surface area contributed by atoms with Crippen LogP contribution in [-0.2, 0) is 9.59 Å². The summed E-state index contributed by atoms with van der Waals surface area (Å²) < 4.78 is 0. The monoisotopic (exact) mass is 302 g/mol. The summed E-state index contributed by atoms with van der Waals surface area (Å²) >= 11 is 0. The van der Waals surface area contributed by atoms with Crippen molar-refractivity contribution in [1.82, 2.24) is 0 Å². The Kier molecular flexibility index (Phi) is 3.66. The van der Waals surface area contributed by atoms with E-state index >= 15 is 0 Å². The molecule has 0 N–H and O–H groups in total. The Balaban J connectivity index is 2.06. The van der Waals surface area contributed by atoms with Crippen LogP contribution < -0.4 is 0 Å². The van der Waals surface area contributed by atoms with Crippen LogP contribution in [-0.4, -0.2) is 12.6 Å². The van der Waals surface area contributed by atoms with Crippen LogP contribution in [0.25, 0.3) is 0 Å². The number of aldehydes is 2. The Labute approximate surface area is 134 Å². The van der Waals surface area contributed by atoms with Gasteiger partial charge in [0.05, 0.1) is 0 Å². The first-order valence-corrected chi connectivity index (χ1v) is 8.90. The Hall–Kier alpha value is -0.920. The van der Waals surface area contributed by atoms with E-state index in [0.29, 0.717) is 16.7 Å². The normalized spacial score (nSPS) is 46.9. The summed E-state index contributed by atoms with van der Waals surface area (Å²) in [5.41, 5.74) is 1.40. The number of fused-ring (bicyclic) bond motifs is 3. The first-order chi connectivity index (χ1) is 10.3. The zero-order valence-electron chi connectivity index (χ0n) is 14.5. The molecule has 0 radical (unpaired) electrons. The summed E-state index contributed by atoms with van der Waals surface area (Å²) in [5, 5.41) is 0. The first-order valence-electron chi connectivity index (χ1n) is 8.90. The molecule has 0 spiro atoms. The highest BCUT2D eigenvalue weighted by Gasteiger charge is 2.60. The van der Waals surface area contributed by atoms with Gasteiger partial charge < -0.3 is 4.79 Å². The van der Waals surface area contributed by atoms with E-state index < -0.39 is 0 Å². The fourth-order valence-electron chi connectivity index (χ4n) is 6.71. The maximum atomic E-state index is 11.8. The molecular formula is C20H30O2. The standard InChI is InChI=1S/C20H30O2/c1-18(2)9-5-10-20(4)16(18)8-11-19(3)15(13-22)14(12-21)6-7-17(19)20/h6,12-13,15-17H,5,7-11H2,1-4H3. The number of carbonyl (C=O) groups is 2. The van der Waals surface area contributed by atoms with Gasteiger partial charge in [0.1, 0.15) is 12.6 Å². The summed E-state index contributed by atoms with van der Waals surface area (Å²) in [5.74, 6) is 1.06. The molecule has 122 valence electrons. The predicted molar refractivity (Wildman–Crippen MR) is 88.4 cm³/mol. The van der Waals surface area contributed by atoms with Crippen LogP contribution in [0, 0.1) is 34.0 Å². The van der Waals surface area contributed by atoms with E-state index in [1.54, 1.807) is 0 Å². The first kappa shape index (κ1) is 16.0. The van der Waals surface area contributed by atoms with Crippen LogP contribution in [0.3, 0.4) is 0 Å². The number of carbonyl (C=O) groups excluding carboxylic acids is 2. The topological polar surface area (TPSA) is 34.1 Å². The maximum Gasteiger partial charge on any atom is 0.146 e. The van der Waals surface area contributed by atoms with Crippen LogP contribution in [0.15, 0.2) is 11.6 Å². The average molecular weight is 302 g/mol. The Morgan fingerprint density at radius 2 is 1.73 bits per heavy atom. The minimum Gasteiger partial charge on any atom is -0.303 e. The van der Waals surface area contributed by atoms with Crippen LogP contribution in [0.5, 0.6) is 0 Å². The second-order valence-electron chi connectivity index (χ2n) is 9.17. The van der Waals surface area contributed by atoms with Gasteiger partial charge in [-0.05, 0) is 65.8 Å². The molecule has 2 saturated carbocycles. The summed E-state index contributed by atoms with van der Waals surface area (Å²) in [7, 11) is 0. The largest absolute Gasteiger partial charge is 0.303 e. The van der Waals surface area contributed by atoms with Gasteiger partial charge in [-0.15, -0.1) is 0 Å². The number of hydrogen-bond donors (Lipinski definition) is 0. The zero-order valence-corrected chi connectivity index (χ0v) is 14.5. The third kappa shape index (κ3) is 1.98. The van der Waals surface area contributed by atoms with Crippen LogP contribution >= 0.6 is 0 Å². The summed E-state index contributed by atoms with van der Waals surface area (Å²) in [6.45, 7) is 9.62. The van der Waals surface area contributed by atoms with E-state index in [4.69, 9.17) is 0 Å². The molecule has 0 heterocycles. The molecule has 5 unspecified atom stereocenters. The molecule has 2 heteroatoms. The lowest BCUT2D eigenvalue weighted by molar-refractivity contribution is -0.151. The SMILES string of the molecule is CC1(C)CCCC2(C)C1CCC1(C)C(C=O)C(C=O)=CCC12. The molecule has 0 bridgehead atoms. The molecule has 3 aliphatic rings. The molecule has 2 nitrogen and oxygen atoms in total. The Bertz CT molecular complexity index is 518. The smallest absolute Gasteiger partial charge is 0.146 e. The van der Waals surface area contributed by atoms with Crippen molar-refractivity contribution in [2.45, 2.75) is 66.2 Å². The lowest BCUT2D eigenvalue weighted by Gasteiger charge is -2.64. The highest BCUT2D eigenvalue weighted by molar-refractivity contribution is 5.82. The van der Waals surface area contributed by atoms with Crippen molar-refractivity contribution in [3.05, 3.63) is 11.6 Å². The number of allylic oxidation sites excluding steroid dienone is 2. The van der Waals surface area contributed by atoms with Crippen molar-refractivity contribution in [3.63, 3.8) is 0 Å². The highest BCUT2D eigenvalue weighted by atomic mass is 16.1. The minimum atomic E-state index is -0.202. The van der Waals surface area contributed by atoms with Gasteiger partial charge in [0.25, 0.3) is 0 Å². The van der Waals surface area contributed by atoms with Crippen molar-refractivity contribution in [3.8, 4) is 0 Å². The second-order valence-corrected chi connectivity index (χ2v) is 9.17. The number of hydrogen-bond acceptors (Lipinski definition) is 2. The van der Waals surface area contributed by atoms with E-state index in [2.05, 4.69) is 33.8 Å². The van der Waals surface area contributed by atoms with Gasteiger partial charge in [0, 0.05) is 5.92 Å². The Morgan fingerprint density at radius 1 is 1.00 bits per heavy atom. The summed E-state index contributed by atoms with van der Waals surface area (Å²) in [4.78, 5) is 23.2. The zero-order chi connectivity index (χ0) is 16.2. The molecule has 0 aromatic rings. The molecule has 5 atom stereocenters. The maximum absolute atomic E-state index is 11.8. The average Bonchev–Trinajstić information content (AvgIpc) is 2.44. The lowest BCUT2D eigenvalue weighted by Crippen LogP contribution is -2.58. The Morgan fingerprint density at radius 3 is 2.36 bits per heavy atom. The van der Waals surface area contributed by atoms with Crippen molar-refractivity contribution in [1.29, 1.82) is 0 Å². The molecule has 22 heavy (non-hydrogen) atoms. The molecule has 2 fully saturated rings. The predicted octanol–water partition coefficient (Wildman–Crippen LogP) is 4.58. The molecule has 3 rings (SSSR count). The summed E-state index contributed by atoms with van der Waals surface area (Å²) in [6.07, 6.45) is 11.2. The van der Waals surface area contributed by atoms with Gasteiger partial charge in [-0.3, -0.25) is 4.79 Å². The molecule has 0 amide bonds. The van der Waals surface area contributed by atoms with Crippen molar-refractivity contribution in [2.75, 3.05) is 0 Å². The van der Waals surface area contributed by atoms with Crippen molar-refractivity contribution >= 4 is 12.6 Å². The third-order valence-electron chi connectivity index (χ3n) is 7.77. The van der Waals surface area contributed by atoms with Crippen molar-refractivity contribution < 1.29 is 9.59 Å². The quantitative estimate of drug-likeness (QED) is 0.700. The van der Waals surface area contributed by atoms with Crippen LogP contribution in [0.4, 0.5) is 0 Å². The molecule has 0 aromatic carbocycles. The molecule has 3 aliphatic carbocycles. The fourth-order valence-corrected chi connectivity index (χ4v) is 6.71. The second kappa shape index (κ2) is 5.04. The van der Waals surface area contributed by atoms with E-state index in [9.17, 15) is 9.59 Å². The molecule has 0 saturated heterocycles. The minimum absolute atomic E-state index is 0.0363. The van der Waals surface area contributed by atoms with Crippen LogP contribution in [0.1, 0.15) is 66.2 Å². The van der Waals surface area contributed by atoms with E-state index in [-0.39, 0.29) is 11.3 Å². The van der Waals surface area contributed by atoms with Gasteiger partial charge >= 0.3 is 0 Å². The molecule has 0 aromatic heterocycles. The highest BCUT2D eigenvalue weighted by Crippen LogP contribution is 2.67. The van der Waals surface area contributed by atoms with Gasteiger partial charge in [-0.2, -0.15) is 0 Å². The number of rotatable bonds is 2. The molecular weight excluding hydrogens is 272 g/mol. The van der Waals surface area contributed by atoms with Crippen LogP contribution in [0.2, 0.25) is 0 Å². The van der Waals surface area contributed by atoms with Gasteiger partial charge in [-0.1, -0.05) is 40.2 Å². The fraction of sp³-hybridized carbons (Fsp3) is 0.800. The van der Waals surface area contributed by atoms with Gasteiger partial charge in [0.15, 0.2) is 0 Å². The molecule has 0 aliphatic heterocycles. The van der Waals surface area contributed by atoms with Gasteiger partial charge in [0.2, 0.25) is 0 Å². The van der Waals surface area contributed by atoms with Gasteiger partial charge in [-0.25, -0.2) is 0 Å².